The van der Waals surface area contributed by atoms with Crippen LogP contribution >= 0.6 is 23.2 Å². The standard InChI is InChI=1S/C31H37Cl2N3O4S/c1-5-7-18-34-31(38)29(6-2)35(20-24-10-8-9-11-28(24)33)30(37)21-36(26-15-12-22(3)23(4)19-26)41(39,40)27-16-13-25(32)14-17-27/h8-17,19,29H,5-7,18,20-21H2,1-4H3,(H,34,38). The molecule has 0 bridgehead atoms. The van der Waals surface area contributed by atoms with Gasteiger partial charge in [-0.1, -0.05) is 67.7 Å². The Balaban J connectivity index is 2.07. The van der Waals surface area contributed by atoms with Crippen molar-refractivity contribution in [2.75, 3.05) is 17.4 Å². The fourth-order valence-electron chi connectivity index (χ4n) is 4.38. The monoisotopic (exact) mass is 617 g/mol. The van der Waals surface area contributed by atoms with Crippen molar-refractivity contribution in [3.8, 4) is 0 Å². The van der Waals surface area contributed by atoms with E-state index in [1.165, 1.54) is 29.2 Å². The Hall–Kier alpha value is -3.07. The van der Waals surface area contributed by atoms with Crippen LogP contribution in [0.1, 0.15) is 49.8 Å². The summed E-state index contributed by atoms with van der Waals surface area (Å²) in [7, 11) is -4.18. The highest BCUT2D eigenvalue weighted by atomic mass is 35.5. The molecule has 0 aliphatic carbocycles. The molecule has 41 heavy (non-hydrogen) atoms. The van der Waals surface area contributed by atoms with Gasteiger partial charge >= 0.3 is 0 Å². The molecule has 3 aromatic carbocycles. The van der Waals surface area contributed by atoms with Gasteiger partial charge in [0, 0.05) is 23.1 Å². The second-order valence-electron chi connectivity index (χ2n) is 9.92. The number of anilines is 1. The fourth-order valence-corrected chi connectivity index (χ4v) is 6.11. The van der Waals surface area contributed by atoms with Crippen molar-refractivity contribution in [2.24, 2.45) is 0 Å². The Labute approximate surface area is 253 Å². The molecule has 7 nitrogen and oxygen atoms in total. The van der Waals surface area contributed by atoms with Crippen LogP contribution in [0.15, 0.2) is 71.6 Å². The summed E-state index contributed by atoms with van der Waals surface area (Å²) in [4.78, 5) is 28.8. The third-order valence-electron chi connectivity index (χ3n) is 6.97. The zero-order chi connectivity index (χ0) is 30.2. The molecule has 220 valence electrons. The Kier molecular flexibility index (Phi) is 11.6. The number of hydrogen-bond donors (Lipinski definition) is 1. The van der Waals surface area contributed by atoms with Crippen LogP contribution in [0.5, 0.6) is 0 Å². The first-order valence-corrected chi connectivity index (χ1v) is 15.8. The topological polar surface area (TPSA) is 86.8 Å². The number of carbonyl (C=O) groups is 2. The Bertz CT molecular complexity index is 1460. The van der Waals surface area contributed by atoms with E-state index in [1.807, 2.05) is 33.8 Å². The maximum Gasteiger partial charge on any atom is 0.264 e. The predicted molar refractivity (Wildman–Crippen MR) is 166 cm³/mol. The smallest absolute Gasteiger partial charge is 0.264 e. The molecule has 1 N–H and O–H groups in total. The van der Waals surface area contributed by atoms with E-state index in [0.29, 0.717) is 34.3 Å². The predicted octanol–water partition coefficient (Wildman–Crippen LogP) is 6.53. The Morgan fingerprint density at radius 3 is 2.22 bits per heavy atom. The molecule has 10 heteroatoms. The maximum absolute atomic E-state index is 14.1. The number of nitrogens with one attached hydrogen (secondary N) is 1. The van der Waals surface area contributed by atoms with Gasteiger partial charge in [0.25, 0.3) is 10.0 Å². The third-order valence-corrected chi connectivity index (χ3v) is 9.38. The average molecular weight is 619 g/mol. The highest BCUT2D eigenvalue weighted by molar-refractivity contribution is 7.92. The fraction of sp³-hybridized carbons (Fsp3) is 0.355. The van der Waals surface area contributed by atoms with Gasteiger partial charge in [-0.3, -0.25) is 13.9 Å². The van der Waals surface area contributed by atoms with Gasteiger partial charge in [-0.25, -0.2) is 8.42 Å². The molecule has 0 aromatic heterocycles. The number of nitrogens with zero attached hydrogens (tertiary/aromatic N) is 2. The quantitative estimate of drug-likeness (QED) is 0.221. The first-order valence-electron chi connectivity index (χ1n) is 13.7. The number of sulfonamides is 1. The molecular formula is C31H37Cl2N3O4S. The summed E-state index contributed by atoms with van der Waals surface area (Å²) in [5, 5.41) is 3.76. The second kappa shape index (κ2) is 14.7. The van der Waals surface area contributed by atoms with Gasteiger partial charge in [0.15, 0.2) is 0 Å². The molecule has 0 aliphatic rings. The number of aryl methyl sites for hydroxylation is 2. The van der Waals surface area contributed by atoms with Crippen LogP contribution in [0.25, 0.3) is 0 Å². The van der Waals surface area contributed by atoms with E-state index in [-0.39, 0.29) is 17.3 Å². The van der Waals surface area contributed by atoms with Crippen molar-refractivity contribution in [3.05, 3.63) is 93.5 Å². The van der Waals surface area contributed by atoms with Crippen molar-refractivity contribution in [3.63, 3.8) is 0 Å². The van der Waals surface area contributed by atoms with E-state index < -0.39 is 28.5 Å². The van der Waals surface area contributed by atoms with E-state index in [0.717, 1.165) is 28.3 Å². The molecule has 3 aromatic rings. The number of halogens is 2. The van der Waals surface area contributed by atoms with Crippen molar-refractivity contribution >= 4 is 50.7 Å². The zero-order valence-corrected chi connectivity index (χ0v) is 26.2. The van der Waals surface area contributed by atoms with Gasteiger partial charge in [0.1, 0.15) is 12.6 Å². The summed E-state index contributed by atoms with van der Waals surface area (Å²) in [5.41, 5.74) is 2.86. The molecule has 0 spiro atoms. The summed E-state index contributed by atoms with van der Waals surface area (Å²) in [5.74, 6) is -0.821. The van der Waals surface area contributed by atoms with Crippen molar-refractivity contribution < 1.29 is 18.0 Å². The second-order valence-corrected chi connectivity index (χ2v) is 12.6. The van der Waals surface area contributed by atoms with Crippen LogP contribution in [0.4, 0.5) is 5.69 Å². The van der Waals surface area contributed by atoms with Crippen molar-refractivity contribution in [1.29, 1.82) is 0 Å². The van der Waals surface area contributed by atoms with Crippen LogP contribution in [0, 0.1) is 13.8 Å². The normalized spacial score (nSPS) is 12.0. The summed E-state index contributed by atoms with van der Waals surface area (Å²) >= 11 is 12.5. The highest BCUT2D eigenvalue weighted by Gasteiger charge is 2.34. The molecule has 0 fully saturated rings. The minimum absolute atomic E-state index is 0.00469. The van der Waals surface area contributed by atoms with E-state index in [4.69, 9.17) is 23.2 Å². The molecule has 2 amide bonds. The summed E-state index contributed by atoms with van der Waals surface area (Å²) in [6.45, 7) is 7.67. The number of rotatable bonds is 13. The summed E-state index contributed by atoms with van der Waals surface area (Å²) in [6.07, 6.45) is 2.05. The van der Waals surface area contributed by atoms with Gasteiger partial charge in [0.2, 0.25) is 11.8 Å². The lowest BCUT2D eigenvalue weighted by atomic mass is 10.1. The number of benzene rings is 3. The number of hydrogen-bond acceptors (Lipinski definition) is 4. The number of unbranched alkanes of at least 4 members (excludes halogenated alkanes) is 1. The lowest BCUT2D eigenvalue weighted by Crippen LogP contribution is -2.52. The summed E-state index contributed by atoms with van der Waals surface area (Å²) in [6, 6.07) is 17.3. The van der Waals surface area contributed by atoms with Crippen LogP contribution in [-0.2, 0) is 26.2 Å². The molecule has 0 radical (unpaired) electrons. The molecule has 0 aliphatic heterocycles. The molecule has 1 atom stereocenters. The Morgan fingerprint density at radius 2 is 1.61 bits per heavy atom. The summed E-state index contributed by atoms with van der Waals surface area (Å²) < 4.78 is 29.0. The van der Waals surface area contributed by atoms with E-state index in [9.17, 15) is 18.0 Å². The first kappa shape index (κ1) is 32.4. The molecule has 1 unspecified atom stereocenters. The van der Waals surface area contributed by atoms with Gasteiger partial charge < -0.3 is 10.2 Å². The molecular weight excluding hydrogens is 581 g/mol. The molecule has 3 rings (SSSR count). The number of carbonyl (C=O) groups excluding carboxylic acids is 2. The van der Waals surface area contributed by atoms with Crippen LogP contribution in [-0.4, -0.2) is 44.3 Å². The minimum atomic E-state index is -4.18. The zero-order valence-electron chi connectivity index (χ0n) is 23.9. The lowest BCUT2D eigenvalue weighted by Gasteiger charge is -2.33. The van der Waals surface area contributed by atoms with Gasteiger partial charge in [-0.2, -0.15) is 0 Å². The van der Waals surface area contributed by atoms with Crippen LogP contribution in [0.3, 0.4) is 0 Å². The third kappa shape index (κ3) is 8.24. The maximum atomic E-state index is 14.1. The van der Waals surface area contributed by atoms with Crippen LogP contribution in [0.2, 0.25) is 10.0 Å². The van der Waals surface area contributed by atoms with Crippen molar-refractivity contribution in [1.82, 2.24) is 10.2 Å². The largest absolute Gasteiger partial charge is 0.354 e. The minimum Gasteiger partial charge on any atom is -0.354 e. The van der Waals surface area contributed by atoms with Gasteiger partial charge in [-0.05, 0) is 85.8 Å². The average Bonchev–Trinajstić information content (AvgIpc) is 2.94. The number of amides is 2. The van der Waals surface area contributed by atoms with Gasteiger partial charge in [0.05, 0.1) is 10.6 Å². The SMILES string of the molecule is CCCCNC(=O)C(CC)N(Cc1ccccc1Cl)C(=O)CN(c1ccc(C)c(C)c1)S(=O)(=O)c1ccc(Cl)cc1. The van der Waals surface area contributed by atoms with Crippen LogP contribution < -0.4 is 9.62 Å². The highest BCUT2D eigenvalue weighted by Crippen LogP contribution is 2.28. The Morgan fingerprint density at radius 1 is 0.927 bits per heavy atom. The lowest BCUT2D eigenvalue weighted by molar-refractivity contribution is -0.140. The van der Waals surface area contributed by atoms with E-state index in [2.05, 4.69) is 5.32 Å². The van der Waals surface area contributed by atoms with Crippen molar-refractivity contribution in [2.45, 2.75) is 64.4 Å². The van der Waals surface area contributed by atoms with E-state index >= 15 is 0 Å². The van der Waals surface area contributed by atoms with E-state index in [1.54, 1.807) is 36.4 Å². The first-order chi connectivity index (χ1) is 19.5. The molecule has 0 saturated heterocycles. The molecule has 0 saturated carbocycles. The van der Waals surface area contributed by atoms with Gasteiger partial charge in [-0.15, -0.1) is 0 Å². The molecule has 0 heterocycles.